The summed E-state index contributed by atoms with van der Waals surface area (Å²) in [5.74, 6) is 0.205. The fourth-order valence-electron chi connectivity index (χ4n) is 3.26. The van der Waals surface area contributed by atoms with Crippen LogP contribution in [0.1, 0.15) is 16.4 Å². The molecule has 0 spiro atoms. The largest absolute Gasteiger partial charge is 0.497 e. The van der Waals surface area contributed by atoms with Crippen molar-refractivity contribution in [3.05, 3.63) is 90.2 Å². The molecule has 0 aliphatic heterocycles. The van der Waals surface area contributed by atoms with Crippen molar-refractivity contribution in [3.8, 4) is 34.4 Å². The van der Waals surface area contributed by atoms with Crippen molar-refractivity contribution in [2.24, 2.45) is 0 Å². The maximum atomic E-state index is 12.1. The highest BCUT2D eigenvalue weighted by molar-refractivity contribution is 8.00. The molecule has 0 saturated heterocycles. The van der Waals surface area contributed by atoms with Gasteiger partial charge in [-0.15, -0.1) is 0 Å². The van der Waals surface area contributed by atoms with Crippen molar-refractivity contribution in [3.63, 3.8) is 0 Å². The molecule has 7 heteroatoms. The first kappa shape index (κ1) is 21.2. The molecule has 6 nitrogen and oxygen atoms in total. The standard InChI is InChI=1S/C25H18N2O4S/c1-30-18-11-9-16(10-12-18)19-14-21(22-8-5-13-31-22)27-24(20(19)15-26)32-23(25(28)29)17-6-3-2-4-7-17/h2-14,23H,1H3,(H,28,29). The summed E-state index contributed by atoms with van der Waals surface area (Å²) in [5.41, 5.74) is 2.85. The lowest BCUT2D eigenvalue weighted by atomic mass is 10.0. The van der Waals surface area contributed by atoms with E-state index < -0.39 is 11.2 Å². The first-order valence-corrected chi connectivity index (χ1v) is 10.6. The van der Waals surface area contributed by atoms with Crippen molar-refractivity contribution >= 4 is 17.7 Å². The van der Waals surface area contributed by atoms with Gasteiger partial charge in [-0.25, -0.2) is 4.98 Å². The average Bonchev–Trinajstić information content (AvgIpc) is 3.37. The molecule has 2 aromatic carbocycles. The molecule has 32 heavy (non-hydrogen) atoms. The number of methoxy groups -OCH3 is 1. The number of aromatic nitrogens is 1. The third kappa shape index (κ3) is 4.36. The van der Waals surface area contributed by atoms with Crippen molar-refractivity contribution in [2.75, 3.05) is 7.11 Å². The number of nitriles is 1. The van der Waals surface area contributed by atoms with E-state index >= 15 is 0 Å². The molecule has 4 aromatic rings. The van der Waals surface area contributed by atoms with Gasteiger partial charge in [0.05, 0.1) is 18.9 Å². The lowest BCUT2D eigenvalue weighted by Gasteiger charge is -2.16. The van der Waals surface area contributed by atoms with Crippen LogP contribution in [0.15, 0.2) is 88.5 Å². The fraction of sp³-hybridized carbons (Fsp3) is 0.0800. The predicted octanol–water partition coefficient (Wildman–Crippen LogP) is 5.81. The maximum Gasteiger partial charge on any atom is 0.321 e. The number of benzene rings is 2. The van der Waals surface area contributed by atoms with Gasteiger partial charge >= 0.3 is 5.97 Å². The van der Waals surface area contributed by atoms with E-state index in [1.165, 1.54) is 0 Å². The van der Waals surface area contributed by atoms with Gasteiger partial charge in [0.1, 0.15) is 27.8 Å². The van der Waals surface area contributed by atoms with E-state index in [-0.39, 0.29) is 0 Å². The number of carbonyl (C=O) groups is 1. The Balaban J connectivity index is 1.87. The van der Waals surface area contributed by atoms with Gasteiger partial charge in [-0.1, -0.05) is 54.2 Å². The SMILES string of the molecule is COc1ccc(-c2cc(-c3ccco3)nc(SC(C(=O)O)c3ccccc3)c2C#N)cc1. The number of nitrogens with zero attached hydrogens (tertiary/aromatic N) is 2. The second kappa shape index (κ2) is 9.41. The van der Waals surface area contributed by atoms with Crippen LogP contribution in [-0.4, -0.2) is 23.2 Å². The number of pyridine rings is 1. The summed E-state index contributed by atoms with van der Waals surface area (Å²) in [4.78, 5) is 16.7. The summed E-state index contributed by atoms with van der Waals surface area (Å²) in [6.45, 7) is 0. The molecule has 0 radical (unpaired) electrons. The van der Waals surface area contributed by atoms with Gasteiger partial charge in [0.15, 0.2) is 5.76 Å². The van der Waals surface area contributed by atoms with Crippen molar-refractivity contribution in [1.82, 2.24) is 4.98 Å². The molecule has 2 aromatic heterocycles. The number of thioether (sulfide) groups is 1. The number of furan rings is 1. The van der Waals surface area contributed by atoms with E-state index in [1.807, 2.05) is 18.2 Å². The van der Waals surface area contributed by atoms with E-state index in [0.29, 0.717) is 38.9 Å². The van der Waals surface area contributed by atoms with Crippen LogP contribution in [0, 0.1) is 11.3 Å². The molecule has 0 fully saturated rings. The second-order valence-electron chi connectivity index (χ2n) is 6.80. The Kier molecular flexibility index (Phi) is 6.24. The number of carboxylic acid groups (broad SMARTS) is 1. The molecule has 1 N–H and O–H groups in total. The van der Waals surface area contributed by atoms with Crippen LogP contribution >= 0.6 is 11.8 Å². The summed E-state index contributed by atoms with van der Waals surface area (Å²) in [6.07, 6.45) is 1.54. The fourth-order valence-corrected chi connectivity index (χ4v) is 4.31. The summed E-state index contributed by atoms with van der Waals surface area (Å²) in [6, 6.07) is 23.7. The molecular weight excluding hydrogens is 424 g/mol. The molecular formula is C25H18N2O4S. The van der Waals surface area contributed by atoms with E-state index in [2.05, 4.69) is 11.1 Å². The van der Waals surface area contributed by atoms with Gasteiger partial charge in [0, 0.05) is 5.56 Å². The minimum absolute atomic E-state index is 0.303. The Labute approximate surface area is 189 Å². The quantitative estimate of drug-likeness (QED) is 0.361. The van der Waals surface area contributed by atoms with Gasteiger partial charge in [-0.05, 0) is 41.5 Å². The summed E-state index contributed by atoms with van der Waals surface area (Å²) in [7, 11) is 1.58. The number of rotatable bonds is 7. The third-order valence-electron chi connectivity index (χ3n) is 4.83. The summed E-state index contributed by atoms with van der Waals surface area (Å²) in [5, 5.41) is 19.3. The van der Waals surface area contributed by atoms with E-state index in [9.17, 15) is 15.2 Å². The van der Waals surface area contributed by atoms with Gasteiger partial charge in [0.2, 0.25) is 0 Å². The van der Waals surface area contributed by atoms with Crippen LogP contribution in [0.5, 0.6) is 5.75 Å². The molecule has 1 atom stereocenters. The molecule has 158 valence electrons. The molecule has 2 heterocycles. The summed E-state index contributed by atoms with van der Waals surface area (Å²) < 4.78 is 10.8. The van der Waals surface area contributed by atoms with Crippen LogP contribution in [0.3, 0.4) is 0 Å². The molecule has 0 amide bonds. The monoisotopic (exact) mass is 442 g/mol. The number of hydrogen-bond acceptors (Lipinski definition) is 6. The first-order valence-electron chi connectivity index (χ1n) is 9.68. The van der Waals surface area contributed by atoms with Crippen molar-refractivity contribution < 1.29 is 19.1 Å². The molecule has 0 aliphatic carbocycles. The topological polar surface area (TPSA) is 96.3 Å². The minimum atomic E-state index is -1.01. The Hall–Kier alpha value is -4.02. The van der Waals surface area contributed by atoms with Crippen molar-refractivity contribution in [2.45, 2.75) is 10.3 Å². The molecule has 4 rings (SSSR count). The van der Waals surface area contributed by atoms with Crippen LogP contribution < -0.4 is 4.74 Å². The molecule has 1 unspecified atom stereocenters. The molecule has 0 bridgehead atoms. The predicted molar refractivity (Wildman–Crippen MR) is 121 cm³/mol. The Bertz CT molecular complexity index is 1260. The first-order chi connectivity index (χ1) is 15.6. The minimum Gasteiger partial charge on any atom is -0.497 e. The van der Waals surface area contributed by atoms with E-state index in [1.54, 1.807) is 68.0 Å². The van der Waals surface area contributed by atoms with Crippen molar-refractivity contribution in [1.29, 1.82) is 5.26 Å². The smallest absolute Gasteiger partial charge is 0.321 e. The Morgan fingerprint density at radius 1 is 1.12 bits per heavy atom. The Morgan fingerprint density at radius 3 is 2.47 bits per heavy atom. The second-order valence-corrected chi connectivity index (χ2v) is 7.89. The number of aliphatic carboxylic acids is 1. The van der Waals surface area contributed by atoms with Crippen LogP contribution in [-0.2, 0) is 4.79 Å². The summed E-state index contributed by atoms with van der Waals surface area (Å²) >= 11 is 1.03. The maximum absolute atomic E-state index is 12.1. The van der Waals surface area contributed by atoms with E-state index in [4.69, 9.17) is 9.15 Å². The highest BCUT2D eigenvalue weighted by Gasteiger charge is 2.26. The van der Waals surface area contributed by atoms with Gasteiger partial charge in [0.25, 0.3) is 0 Å². The van der Waals surface area contributed by atoms with Crippen LogP contribution in [0.25, 0.3) is 22.6 Å². The zero-order valence-electron chi connectivity index (χ0n) is 17.1. The van der Waals surface area contributed by atoms with Gasteiger partial charge in [-0.3, -0.25) is 4.79 Å². The molecule has 0 aliphatic rings. The lowest BCUT2D eigenvalue weighted by molar-refractivity contribution is -0.136. The lowest BCUT2D eigenvalue weighted by Crippen LogP contribution is -2.09. The van der Waals surface area contributed by atoms with Gasteiger partial charge in [-0.2, -0.15) is 5.26 Å². The zero-order valence-corrected chi connectivity index (χ0v) is 17.9. The Morgan fingerprint density at radius 2 is 1.88 bits per heavy atom. The highest BCUT2D eigenvalue weighted by Crippen LogP contribution is 2.41. The number of ether oxygens (including phenoxy) is 1. The number of hydrogen-bond donors (Lipinski definition) is 1. The van der Waals surface area contributed by atoms with E-state index in [0.717, 1.165) is 17.3 Å². The van der Waals surface area contributed by atoms with Crippen LogP contribution in [0.2, 0.25) is 0 Å². The van der Waals surface area contributed by atoms with Crippen LogP contribution in [0.4, 0.5) is 0 Å². The zero-order chi connectivity index (χ0) is 22.5. The van der Waals surface area contributed by atoms with Gasteiger partial charge < -0.3 is 14.3 Å². The average molecular weight is 442 g/mol. The third-order valence-corrected chi connectivity index (χ3v) is 6.06. The normalized spacial score (nSPS) is 11.5. The molecule has 0 saturated carbocycles. The highest BCUT2D eigenvalue weighted by atomic mass is 32.2. The number of carboxylic acids is 1.